The molecule has 4 aromatic rings. The number of phenols is 1. The normalized spacial score (nSPS) is 12.1. The molecule has 0 bridgehead atoms. The van der Waals surface area contributed by atoms with E-state index in [1.807, 2.05) is 50.2 Å². The quantitative estimate of drug-likeness (QED) is 0.510. The highest BCUT2D eigenvalue weighted by atomic mass is 19.1. The van der Waals surface area contributed by atoms with Crippen LogP contribution in [0.4, 0.5) is 10.1 Å². The molecule has 0 amide bonds. The van der Waals surface area contributed by atoms with Crippen molar-refractivity contribution in [2.75, 3.05) is 5.32 Å². The minimum atomic E-state index is -0.467. The molecule has 4 nitrogen and oxygen atoms in total. The first kappa shape index (κ1) is 17.9. The molecule has 0 saturated carbocycles. The van der Waals surface area contributed by atoms with E-state index < -0.39 is 6.04 Å². The zero-order valence-corrected chi connectivity index (χ0v) is 15.6. The summed E-state index contributed by atoms with van der Waals surface area (Å²) in [6.07, 6.45) is 3.47. The minimum Gasteiger partial charge on any atom is -0.505 e. The molecule has 4 rings (SSSR count). The number of rotatable bonds is 4. The monoisotopic (exact) mass is 373 g/mol. The van der Waals surface area contributed by atoms with Crippen molar-refractivity contribution in [1.82, 2.24) is 9.97 Å². The van der Waals surface area contributed by atoms with Crippen molar-refractivity contribution in [3.63, 3.8) is 0 Å². The molecule has 2 N–H and O–H groups in total. The van der Waals surface area contributed by atoms with Gasteiger partial charge in [0.05, 0.1) is 11.7 Å². The van der Waals surface area contributed by atoms with Gasteiger partial charge in [0.15, 0.2) is 0 Å². The van der Waals surface area contributed by atoms with Crippen LogP contribution in [0.3, 0.4) is 0 Å². The number of aromatic hydroxyl groups is 1. The summed E-state index contributed by atoms with van der Waals surface area (Å²) >= 11 is 0. The fourth-order valence-electron chi connectivity index (χ4n) is 3.35. The van der Waals surface area contributed by atoms with E-state index in [-0.39, 0.29) is 11.6 Å². The van der Waals surface area contributed by atoms with E-state index in [2.05, 4.69) is 15.3 Å². The molecule has 2 aromatic heterocycles. The fraction of sp³-hybridized carbons (Fsp3) is 0.130. The highest BCUT2D eigenvalue weighted by molar-refractivity contribution is 5.86. The fourth-order valence-corrected chi connectivity index (χ4v) is 3.35. The van der Waals surface area contributed by atoms with Crippen molar-refractivity contribution in [1.29, 1.82) is 0 Å². The molecule has 5 heteroatoms. The molecule has 0 aliphatic carbocycles. The molecule has 0 spiro atoms. The number of pyridine rings is 2. The van der Waals surface area contributed by atoms with E-state index in [1.54, 1.807) is 18.5 Å². The van der Waals surface area contributed by atoms with Gasteiger partial charge in [-0.15, -0.1) is 0 Å². The van der Waals surface area contributed by atoms with Crippen LogP contribution < -0.4 is 5.32 Å². The van der Waals surface area contributed by atoms with Gasteiger partial charge in [-0.2, -0.15) is 0 Å². The van der Waals surface area contributed by atoms with Gasteiger partial charge in [-0.3, -0.25) is 4.98 Å². The lowest BCUT2D eigenvalue weighted by Gasteiger charge is -2.22. The average molecular weight is 373 g/mol. The van der Waals surface area contributed by atoms with Gasteiger partial charge < -0.3 is 10.4 Å². The average Bonchev–Trinajstić information content (AvgIpc) is 2.67. The van der Waals surface area contributed by atoms with E-state index in [1.165, 1.54) is 12.1 Å². The van der Waals surface area contributed by atoms with Gasteiger partial charge in [0.1, 0.15) is 17.1 Å². The summed E-state index contributed by atoms with van der Waals surface area (Å²) in [5.41, 5.74) is 4.46. The van der Waals surface area contributed by atoms with Crippen LogP contribution in [0.2, 0.25) is 0 Å². The molecule has 2 aromatic carbocycles. The molecule has 28 heavy (non-hydrogen) atoms. The van der Waals surface area contributed by atoms with Gasteiger partial charge in [-0.05, 0) is 49.2 Å². The third-order valence-corrected chi connectivity index (χ3v) is 4.68. The Bertz CT molecular complexity index is 1160. The topological polar surface area (TPSA) is 58.0 Å². The van der Waals surface area contributed by atoms with Gasteiger partial charge in [0, 0.05) is 29.0 Å². The number of hydrogen-bond donors (Lipinski definition) is 2. The number of phenolic OH excluding ortho intramolecular Hbond substituents is 1. The lowest BCUT2D eigenvalue weighted by Crippen LogP contribution is -2.13. The Hall–Kier alpha value is -3.47. The number of aryl methyl sites for hydroxylation is 2. The SMILES string of the molecule is Cc1cncc(NC(c2cccc(F)c2)c2ccc3ccc(C)nc3c2O)c1. The summed E-state index contributed by atoms with van der Waals surface area (Å²) in [5, 5.41) is 15.2. The summed E-state index contributed by atoms with van der Waals surface area (Å²) < 4.78 is 13.9. The molecule has 0 saturated heterocycles. The van der Waals surface area contributed by atoms with Gasteiger partial charge in [-0.1, -0.05) is 30.3 Å². The third kappa shape index (κ3) is 3.51. The molecular formula is C23H20FN3O. The first-order chi connectivity index (χ1) is 13.5. The number of fused-ring (bicyclic) bond motifs is 1. The summed E-state index contributed by atoms with van der Waals surface area (Å²) in [4.78, 5) is 8.70. The standard InChI is InChI=1S/C23H20FN3O/c1-14-10-19(13-25-12-14)27-21(17-4-3-5-18(24)11-17)20-9-8-16-7-6-15(2)26-22(16)23(20)28/h3-13,21,27-28H,1-2H3. The van der Waals surface area contributed by atoms with Crippen LogP contribution in [-0.2, 0) is 0 Å². The Labute approximate surface area is 162 Å². The Kier molecular flexibility index (Phi) is 4.65. The largest absolute Gasteiger partial charge is 0.505 e. The Morgan fingerprint density at radius 3 is 2.61 bits per heavy atom. The predicted molar refractivity (Wildman–Crippen MR) is 109 cm³/mol. The van der Waals surface area contributed by atoms with Crippen LogP contribution in [-0.4, -0.2) is 15.1 Å². The molecular weight excluding hydrogens is 353 g/mol. The molecule has 2 heterocycles. The van der Waals surface area contributed by atoms with Crippen LogP contribution in [0.25, 0.3) is 10.9 Å². The van der Waals surface area contributed by atoms with E-state index in [4.69, 9.17) is 0 Å². The number of benzene rings is 2. The van der Waals surface area contributed by atoms with Gasteiger partial charge in [0.25, 0.3) is 0 Å². The number of nitrogens with zero attached hydrogens (tertiary/aromatic N) is 2. The maximum atomic E-state index is 13.9. The first-order valence-electron chi connectivity index (χ1n) is 9.04. The highest BCUT2D eigenvalue weighted by Crippen LogP contribution is 2.36. The molecule has 1 atom stereocenters. The van der Waals surface area contributed by atoms with Gasteiger partial charge >= 0.3 is 0 Å². The second-order valence-corrected chi connectivity index (χ2v) is 6.91. The molecule has 140 valence electrons. The Morgan fingerprint density at radius 2 is 1.82 bits per heavy atom. The zero-order chi connectivity index (χ0) is 19.7. The van der Waals surface area contributed by atoms with Crippen molar-refractivity contribution in [3.8, 4) is 5.75 Å². The van der Waals surface area contributed by atoms with Crippen molar-refractivity contribution in [2.45, 2.75) is 19.9 Å². The van der Waals surface area contributed by atoms with Crippen molar-refractivity contribution in [3.05, 3.63) is 95.2 Å². The van der Waals surface area contributed by atoms with Gasteiger partial charge in [0.2, 0.25) is 0 Å². The lowest BCUT2D eigenvalue weighted by molar-refractivity contribution is 0.471. The van der Waals surface area contributed by atoms with E-state index in [0.717, 1.165) is 22.3 Å². The predicted octanol–water partition coefficient (Wildman–Crippen LogP) is 5.29. The van der Waals surface area contributed by atoms with Crippen molar-refractivity contribution in [2.24, 2.45) is 0 Å². The van der Waals surface area contributed by atoms with Crippen LogP contribution in [0.1, 0.15) is 28.4 Å². The van der Waals surface area contributed by atoms with Crippen molar-refractivity contribution >= 4 is 16.6 Å². The van der Waals surface area contributed by atoms with Crippen LogP contribution >= 0.6 is 0 Å². The number of hydrogen-bond acceptors (Lipinski definition) is 4. The second-order valence-electron chi connectivity index (χ2n) is 6.91. The maximum absolute atomic E-state index is 13.9. The van der Waals surface area contributed by atoms with Crippen LogP contribution in [0.5, 0.6) is 5.75 Å². The number of anilines is 1. The minimum absolute atomic E-state index is 0.0866. The Balaban J connectivity index is 1.87. The molecule has 0 radical (unpaired) electrons. The summed E-state index contributed by atoms with van der Waals surface area (Å²) in [6.45, 7) is 3.84. The van der Waals surface area contributed by atoms with E-state index in [0.29, 0.717) is 16.6 Å². The third-order valence-electron chi connectivity index (χ3n) is 4.68. The lowest BCUT2D eigenvalue weighted by atomic mass is 9.95. The number of nitrogens with one attached hydrogen (secondary N) is 1. The van der Waals surface area contributed by atoms with E-state index in [9.17, 15) is 9.50 Å². The van der Waals surface area contributed by atoms with E-state index >= 15 is 0 Å². The Morgan fingerprint density at radius 1 is 1.00 bits per heavy atom. The first-order valence-corrected chi connectivity index (χ1v) is 9.04. The smallest absolute Gasteiger partial charge is 0.147 e. The number of halogens is 1. The van der Waals surface area contributed by atoms with Crippen LogP contribution in [0.15, 0.2) is 67.0 Å². The zero-order valence-electron chi connectivity index (χ0n) is 15.6. The molecule has 0 fully saturated rings. The molecule has 0 aliphatic rings. The van der Waals surface area contributed by atoms with Gasteiger partial charge in [-0.25, -0.2) is 9.37 Å². The summed E-state index contributed by atoms with van der Waals surface area (Å²) in [5.74, 6) is -0.246. The number of aromatic nitrogens is 2. The van der Waals surface area contributed by atoms with Crippen LogP contribution in [0, 0.1) is 19.7 Å². The summed E-state index contributed by atoms with van der Waals surface area (Å²) in [7, 11) is 0. The highest BCUT2D eigenvalue weighted by Gasteiger charge is 2.21. The molecule has 0 aliphatic heterocycles. The summed E-state index contributed by atoms with van der Waals surface area (Å²) in [6, 6.07) is 15.4. The maximum Gasteiger partial charge on any atom is 0.147 e. The van der Waals surface area contributed by atoms with Crippen molar-refractivity contribution < 1.29 is 9.50 Å². The second kappa shape index (κ2) is 7.27. The molecule has 1 unspecified atom stereocenters.